The summed E-state index contributed by atoms with van der Waals surface area (Å²) in [6.45, 7) is 13.1. The van der Waals surface area contributed by atoms with Crippen LogP contribution in [-0.2, 0) is 24.5 Å². The minimum absolute atomic E-state index is 0.0945. The van der Waals surface area contributed by atoms with Gasteiger partial charge in [-0.15, -0.1) is 10.2 Å². The van der Waals surface area contributed by atoms with Crippen LogP contribution in [-0.4, -0.2) is 56.1 Å². The van der Waals surface area contributed by atoms with Crippen molar-refractivity contribution in [1.29, 1.82) is 0 Å². The lowest BCUT2D eigenvalue weighted by atomic mass is 9.96. The van der Waals surface area contributed by atoms with E-state index in [1.165, 1.54) is 13.8 Å². The highest BCUT2D eigenvalue weighted by molar-refractivity contribution is 7.93. The Hall–Kier alpha value is -2.61. The van der Waals surface area contributed by atoms with Crippen LogP contribution in [0.2, 0.25) is 5.04 Å². The third-order valence-corrected chi connectivity index (χ3v) is 16.2. The van der Waals surface area contributed by atoms with Gasteiger partial charge in [0.25, 0.3) is 8.32 Å². The first-order chi connectivity index (χ1) is 19.7. The van der Waals surface area contributed by atoms with Gasteiger partial charge in [-0.25, -0.2) is 8.42 Å². The van der Waals surface area contributed by atoms with Crippen molar-refractivity contribution in [3.8, 4) is 0 Å². The lowest BCUT2D eigenvalue weighted by Crippen LogP contribution is -2.67. The van der Waals surface area contributed by atoms with Gasteiger partial charge in [-0.05, 0) is 35.7 Å². The summed E-state index contributed by atoms with van der Waals surface area (Å²) in [5.74, 6) is -1.65. The summed E-state index contributed by atoms with van der Waals surface area (Å²) >= 11 is 1.10. The maximum Gasteiger partial charge on any atom is 0.389 e. The second kappa shape index (κ2) is 12.8. The second-order valence-electron chi connectivity index (χ2n) is 12.8. The van der Waals surface area contributed by atoms with Crippen LogP contribution >= 0.6 is 11.3 Å². The van der Waals surface area contributed by atoms with E-state index >= 15 is 0 Å². The second-order valence-corrected chi connectivity index (χ2v) is 20.7. The Balaban J connectivity index is 1.83. The summed E-state index contributed by atoms with van der Waals surface area (Å²) < 4.78 is 68.2. The molecular weight excluding hydrogens is 616 g/mol. The van der Waals surface area contributed by atoms with Gasteiger partial charge in [-0.2, -0.15) is 13.2 Å². The molecule has 0 saturated carbocycles. The number of benzene rings is 2. The van der Waals surface area contributed by atoms with Crippen LogP contribution in [0.4, 0.5) is 18.3 Å². The number of aromatic nitrogens is 2. The number of nitrogens with zero attached hydrogens (tertiary/aromatic N) is 2. The number of nitrogens with one attached hydrogen (secondary N) is 1. The van der Waals surface area contributed by atoms with E-state index < -0.39 is 59.0 Å². The summed E-state index contributed by atoms with van der Waals surface area (Å²) in [4.78, 5) is 13.0. The monoisotopic (exact) mass is 655 g/mol. The van der Waals surface area contributed by atoms with E-state index in [9.17, 15) is 26.4 Å². The predicted molar refractivity (Wildman–Crippen MR) is 168 cm³/mol. The highest BCUT2D eigenvalue weighted by Crippen LogP contribution is 2.39. The quantitative estimate of drug-likeness (QED) is 0.245. The zero-order chi connectivity index (χ0) is 32.3. The molecule has 0 fully saturated rings. The number of carbonyl (C=O) groups excluding carboxylic acids is 1. The van der Waals surface area contributed by atoms with E-state index in [0.717, 1.165) is 21.7 Å². The Morgan fingerprint density at radius 2 is 1.40 bits per heavy atom. The number of hydrogen-bond acceptors (Lipinski definition) is 7. The van der Waals surface area contributed by atoms with Crippen LogP contribution in [0.5, 0.6) is 0 Å². The van der Waals surface area contributed by atoms with Crippen LogP contribution in [0.3, 0.4) is 0 Å². The first-order valence-electron chi connectivity index (χ1n) is 13.9. The van der Waals surface area contributed by atoms with Gasteiger partial charge < -0.3 is 4.43 Å². The van der Waals surface area contributed by atoms with Crippen LogP contribution in [0.1, 0.15) is 66.3 Å². The Bertz CT molecular complexity index is 1450. The number of hydrogen-bond donors (Lipinski definition) is 1. The predicted octanol–water partition coefficient (Wildman–Crippen LogP) is 5.87. The third-order valence-electron chi connectivity index (χ3n) is 7.49. The molecule has 7 nitrogen and oxygen atoms in total. The number of sulfone groups is 1. The molecule has 0 unspecified atom stereocenters. The van der Waals surface area contributed by atoms with Crippen molar-refractivity contribution in [3.63, 3.8) is 0 Å². The maximum absolute atomic E-state index is 13.0. The normalized spacial score (nSPS) is 13.6. The molecule has 0 aliphatic carbocycles. The van der Waals surface area contributed by atoms with Crippen LogP contribution in [0, 0.1) is 0 Å². The summed E-state index contributed by atoms with van der Waals surface area (Å²) in [6, 6.07) is 20.4. The standard InChI is InChI=1S/C30H40F3N3O4S2Si/c1-27(2,3)43(22-15-10-8-11-16-22,23-17-12-9-13-18-23)40-21-28(4,5)25-35-36-26(41-25)34-24(37)29(6,7)42(38,39)20-14-19-30(31,32)33/h8-13,15-18H,14,19-21H2,1-7H3,(H,34,36,37). The molecule has 236 valence electrons. The van der Waals surface area contributed by atoms with Crippen LogP contribution < -0.4 is 15.7 Å². The van der Waals surface area contributed by atoms with Crippen molar-refractivity contribution in [3.05, 3.63) is 65.7 Å². The van der Waals surface area contributed by atoms with Crippen molar-refractivity contribution < 1.29 is 30.8 Å². The third kappa shape index (κ3) is 7.92. The van der Waals surface area contributed by atoms with Gasteiger partial charge in [0, 0.05) is 18.4 Å². The summed E-state index contributed by atoms with van der Waals surface area (Å²) in [5, 5.41) is 13.6. The van der Waals surface area contributed by atoms with Crippen molar-refractivity contribution in [2.75, 3.05) is 17.7 Å². The van der Waals surface area contributed by atoms with E-state index in [-0.39, 0.29) is 10.2 Å². The lowest BCUT2D eigenvalue weighted by Gasteiger charge is -2.44. The van der Waals surface area contributed by atoms with Gasteiger partial charge in [-0.1, -0.05) is 107 Å². The molecule has 3 aromatic rings. The molecule has 0 radical (unpaired) electrons. The number of amides is 1. The number of anilines is 1. The SMILES string of the molecule is CC(C)(CO[Si](c1ccccc1)(c1ccccc1)C(C)(C)C)c1nnc(NC(=O)C(C)(C)S(=O)(=O)CCCC(F)(F)F)s1. The molecule has 13 heteroatoms. The zero-order valence-corrected chi connectivity index (χ0v) is 28.2. The highest BCUT2D eigenvalue weighted by Gasteiger charge is 2.51. The molecular formula is C30H40F3N3O4S2Si. The molecule has 1 N–H and O–H groups in total. The average Bonchev–Trinajstić information content (AvgIpc) is 3.38. The first-order valence-corrected chi connectivity index (χ1v) is 18.3. The Kier molecular flexibility index (Phi) is 10.4. The molecule has 1 amide bonds. The van der Waals surface area contributed by atoms with Gasteiger partial charge in [-0.3, -0.25) is 10.1 Å². The topological polar surface area (TPSA) is 98.2 Å². The van der Waals surface area contributed by atoms with Crippen molar-refractivity contribution in [2.45, 2.75) is 82.7 Å². The van der Waals surface area contributed by atoms with Gasteiger partial charge in [0.05, 0.1) is 5.75 Å². The Morgan fingerprint density at radius 3 is 1.86 bits per heavy atom. The van der Waals surface area contributed by atoms with Crippen molar-refractivity contribution >= 4 is 50.9 Å². The largest absolute Gasteiger partial charge is 0.406 e. The molecule has 0 spiro atoms. The fraction of sp³-hybridized carbons (Fsp3) is 0.500. The Labute approximate surface area is 257 Å². The van der Waals surface area contributed by atoms with E-state index in [1.54, 1.807) is 0 Å². The smallest absolute Gasteiger partial charge is 0.389 e. The maximum atomic E-state index is 13.0. The number of rotatable bonds is 12. The van der Waals surface area contributed by atoms with Crippen LogP contribution in [0.15, 0.2) is 60.7 Å². The fourth-order valence-electron chi connectivity index (χ4n) is 4.77. The molecule has 43 heavy (non-hydrogen) atoms. The molecule has 1 heterocycles. The number of halogens is 3. The van der Waals surface area contributed by atoms with Crippen LogP contribution in [0.25, 0.3) is 0 Å². The first kappa shape index (κ1) is 34.9. The van der Waals surface area contributed by atoms with E-state index in [0.29, 0.717) is 11.6 Å². The van der Waals surface area contributed by atoms with E-state index in [1.807, 2.05) is 50.2 Å². The highest BCUT2D eigenvalue weighted by atomic mass is 32.2. The minimum Gasteiger partial charge on any atom is -0.406 e. The fourth-order valence-corrected chi connectivity index (χ4v) is 11.7. The van der Waals surface area contributed by atoms with Gasteiger partial charge >= 0.3 is 6.18 Å². The number of alkyl halides is 3. The summed E-state index contributed by atoms with van der Waals surface area (Å²) in [7, 11) is -7.02. The molecule has 0 saturated heterocycles. The van der Waals surface area contributed by atoms with Gasteiger partial charge in [0.2, 0.25) is 11.0 Å². The minimum atomic E-state index is -4.47. The molecule has 0 bridgehead atoms. The van der Waals surface area contributed by atoms with E-state index in [2.05, 4.69) is 60.6 Å². The van der Waals surface area contributed by atoms with Gasteiger partial charge in [0.1, 0.15) is 9.75 Å². The summed E-state index contributed by atoms with van der Waals surface area (Å²) in [6.07, 6.45) is -6.33. The van der Waals surface area contributed by atoms with Crippen molar-refractivity contribution in [2.24, 2.45) is 0 Å². The molecule has 0 aliphatic rings. The molecule has 3 rings (SSSR count). The van der Waals surface area contributed by atoms with Gasteiger partial charge in [0.15, 0.2) is 9.84 Å². The van der Waals surface area contributed by atoms with E-state index in [4.69, 9.17) is 4.43 Å². The molecule has 0 aliphatic heterocycles. The zero-order valence-electron chi connectivity index (χ0n) is 25.6. The Morgan fingerprint density at radius 1 is 0.884 bits per heavy atom. The lowest BCUT2D eigenvalue weighted by molar-refractivity contribution is -0.134. The van der Waals surface area contributed by atoms with Crippen molar-refractivity contribution in [1.82, 2.24) is 10.2 Å². The summed E-state index contributed by atoms with van der Waals surface area (Å²) in [5.41, 5.74) is -0.632. The molecule has 1 aromatic heterocycles. The molecule has 0 atom stereocenters. The average molecular weight is 656 g/mol. The molecule has 2 aromatic carbocycles. The number of carbonyl (C=O) groups is 1.